The van der Waals surface area contributed by atoms with Gasteiger partial charge in [0, 0.05) is 17.6 Å². The van der Waals surface area contributed by atoms with Crippen LogP contribution in [0, 0.1) is 6.57 Å². The largest absolute Gasteiger partial charge is 0.434 e. The molecule has 8 heteroatoms. The minimum Gasteiger partial charge on any atom is -0.434 e. The summed E-state index contributed by atoms with van der Waals surface area (Å²) in [5.74, 6) is 0.0377. The van der Waals surface area contributed by atoms with Gasteiger partial charge in [0.2, 0.25) is 5.69 Å². The first-order valence-electron chi connectivity index (χ1n) is 7.21. The highest BCUT2D eigenvalue weighted by molar-refractivity contribution is 6.34. The molecule has 0 aliphatic carbocycles. The van der Waals surface area contributed by atoms with Crippen molar-refractivity contribution < 1.29 is 13.5 Å². The second-order valence-corrected chi connectivity index (χ2v) is 5.71. The minimum absolute atomic E-state index is 0.0377. The van der Waals surface area contributed by atoms with Crippen LogP contribution in [0.15, 0.2) is 41.2 Å². The van der Waals surface area contributed by atoms with E-state index in [1.54, 1.807) is 29.9 Å². The van der Waals surface area contributed by atoms with Crippen LogP contribution >= 0.6 is 11.6 Å². The maximum Gasteiger partial charge on any atom is 0.387 e. The smallest absolute Gasteiger partial charge is 0.387 e. The van der Waals surface area contributed by atoms with E-state index in [9.17, 15) is 13.6 Å². The van der Waals surface area contributed by atoms with E-state index < -0.39 is 6.61 Å². The first-order valence-corrected chi connectivity index (χ1v) is 7.59. The van der Waals surface area contributed by atoms with E-state index in [0.29, 0.717) is 16.5 Å². The zero-order valence-corrected chi connectivity index (χ0v) is 13.8. The van der Waals surface area contributed by atoms with Crippen LogP contribution in [-0.4, -0.2) is 16.0 Å². The van der Waals surface area contributed by atoms with Crippen LogP contribution in [0.5, 0.6) is 5.75 Å². The Kier molecular flexibility index (Phi) is 4.47. The van der Waals surface area contributed by atoms with E-state index in [1.165, 1.54) is 22.9 Å². The van der Waals surface area contributed by atoms with Gasteiger partial charge in [0.05, 0.1) is 24.0 Å². The molecule has 3 aromatic rings. The number of hydrogen-bond donors (Lipinski definition) is 0. The first kappa shape index (κ1) is 17.0. The summed E-state index contributed by atoms with van der Waals surface area (Å²) in [6.45, 7) is 4.29. The van der Waals surface area contributed by atoms with Gasteiger partial charge in [0.25, 0.3) is 5.56 Å². The summed E-state index contributed by atoms with van der Waals surface area (Å²) < 4.78 is 32.7. The average Bonchev–Trinajstić information content (AvgIpc) is 2.80. The lowest BCUT2D eigenvalue weighted by Gasteiger charge is -2.14. The second-order valence-electron chi connectivity index (χ2n) is 5.31. The zero-order chi connectivity index (χ0) is 18.1. The van der Waals surface area contributed by atoms with Crippen LogP contribution in [0.25, 0.3) is 15.7 Å². The summed E-state index contributed by atoms with van der Waals surface area (Å²) in [5.41, 5.74) is 0.881. The zero-order valence-electron chi connectivity index (χ0n) is 13.0. The highest BCUT2D eigenvalue weighted by Crippen LogP contribution is 2.30. The van der Waals surface area contributed by atoms with Crippen molar-refractivity contribution in [1.29, 1.82) is 0 Å². The normalized spacial score (nSPS) is 11.0. The summed E-state index contributed by atoms with van der Waals surface area (Å²) in [5, 5.41) is 0.559. The summed E-state index contributed by atoms with van der Waals surface area (Å²) in [4.78, 5) is 15.7. The Hall–Kier alpha value is -2.85. The molecular formula is C17H12ClF2N3O2. The molecule has 0 unspecified atom stereocenters. The van der Waals surface area contributed by atoms with Crippen LogP contribution in [0.3, 0.4) is 0 Å². The molecule has 0 bridgehead atoms. The van der Waals surface area contributed by atoms with Crippen molar-refractivity contribution in [3.05, 3.63) is 68.8 Å². The van der Waals surface area contributed by atoms with Gasteiger partial charge in [-0.2, -0.15) is 8.78 Å². The summed E-state index contributed by atoms with van der Waals surface area (Å²) in [6, 6.07) is 9.33. The number of para-hydroxylation sites is 1. The van der Waals surface area contributed by atoms with Gasteiger partial charge in [-0.05, 0) is 18.2 Å². The predicted octanol–water partition coefficient (Wildman–Crippen LogP) is 4.19. The standard InChI is InChI=1S/C17H12ClF2N3O2/c1-21-13-7-11-14(8-12(13)18)23(22(2)16(11)24)9-10-5-3-4-6-15(10)25-17(19)20/h3-8,17H,9H2,2H3. The third-order valence-corrected chi connectivity index (χ3v) is 4.16. The summed E-state index contributed by atoms with van der Waals surface area (Å²) >= 11 is 6.08. The molecule has 2 aromatic carbocycles. The van der Waals surface area contributed by atoms with Gasteiger partial charge in [-0.25, -0.2) is 4.85 Å². The lowest BCUT2D eigenvalue weighted by Crippen LogP contribution is -2.20. The number of halogens is 3. The highest BCUT2D eigenvalue weighted by atomic mass is 35.5. The maximum atomic E-state index is 12.6. The monoisotopic (exact) mass is 363 g/mol. The number of nitrogens with zero attached hydrogens (tertiary/aromatic N) is 3. The number of aromatic nitrogens is 2. The summed E-state index contributed by atoms with van der Waals surface area (Å²) in [7, 11) is 1.56. The lowest BCUT2D eigenvalue weighted by molar-refractivity contribution is -0.0505. The Morgan fingerprint density at radius 3 is 2.72 bits per heavy atom. The fraction of sp³-hybridized carbons (Fsp3) is 0.176. The van der Waals surface area contributed by atoms with Gasteiger partial charge in [-0.3, -0.25) is 14.2 Å². The molecule has 25 heavy (non-hydrogen) atoms. The topological polar surface area (TPSA) is 40.5 Å². The number of benzene rings is 2. The van der Waals surface area contributed by atoms with Crippen molar-refractivity contribution in [3.8, 4) is 5.75 Å². The van der Waals surface area contributed by atoms with Gasteiger partial charge in [0.1, 0.15) is 5.75 Å². The second kappa shape index (κ2) is 6.57. The van der Waals surface area contributed by atoms with E-state index in [0.717, 1.165) is 0 Å². The van der Waals surface area contributed by atoms with Gasteiger partial charge in [-0.1, -0.05) is 29.8 Å². The quantitative estimate of drug-likeness (QED) is 0.652. The van der Waals surface area contributed by atoms with Crippen molar-refractivity contribution in [2.75, 3.05) is 0 Å². The predicted molar refractivity (Wildman–Crippen MR) is 90.6 cm³/mol. The van der Waals surface area contributed by atoms with Crippen LogP contribution < -0.4 is 10.3 Å². The molecule has 1 heterocycles. The fourth-order valence-electron chi connectivity index (χ4n) is 2.67. The lowest BCUT2D eigenvalue weighted by atomic mass is 10.2. The van der Waals surface area contributed by atoms with Crippen LogP contribution in [0.2, 0.25) is 5.02 Å². The molecular weight excluding hydrogens is 352 g/mol. The average molecular weight is 364 g/mol. The molecule has 0 aliphatic rings. The molecule has 0 fully saturated rings. The Bertz CT molecular complexity index is 1050. The number of fused-ring (bicyclic) bond motifs is 1. The molecule has 0 saturated heterocycles. The summed E-state index contributed by atoms with van der Waals surface area (Å²) in [6.07, 6.45) is 0. The van der Waals surface area contributed by atoms with Crippen LogP contribution in [0.4, 0.5) is 14.5 Å². The Balaban J connectivity index is 2.15. The Morgan fingerprint density at radius 1 is 1.32 bits per heavy atom. The molecule has 0 saturated carbocycles. The van der Waals surface area contributed by atoms with Gasteiger partial charge < -0.3 is 4.74 Å². The van der Waals surface area contributed by atoms with Gasteiger partial charge in [0.15, 0.2) is 0 Å². The molecule has 0 aliphatic heterocycles. The molecule has 3 rings (SSSR count). The molecule has 0 amide bonds. The number of alkyl halides is 2. The maximum absolute atomic E-state index is 12.6. The van der Waals surface area contributed by atoms with E-state index in [1.807, 2.05) is 0 Å². The SMILES string of the molecule is [C-]#[N+]c1cc2c(=O)n(C)n(Cc3ccccc3OC(F)F)c2cc1Cl. The van der Waals surface area contributed by atoms with E-state index >= 15 is 0 Å². The van der Waals surface area contributed by atoms with Gasteiger partial charge in [-0.15, -0.1) is 0 Å². The van der Waals surface area contributed by atoms with E-state index in [4.69, 9.17) is 18.2 Å². The van der Waals surface area contributed by atoms with Crippen LogP contribution in [-0.2, 0) is 13.6 Å². The van der Waals surface area contributed by atoms with Crippen molar-refractivity contribution in [1.82, 2.24) is 9.36 Å². The third kappa shape index (κ3) is 3.08. The van der Waals surface area contributed by atoms with Gasteiger partial charge >= 0.3 is 6.61 Å². The molecule has 128 valence electrons. The third-order valence-electron chi connectivity index (χ3n) is 3.86. The number of rotatable bonds is 4. The van der Waals surface area contributed by atoms with Crippen LogP contribution in [0.1, 0.15) is 5.56 Å². The van der Waals surface area contributed by atoms with Crippen molar-refractivity contribution in [3.63, 3.8) is 0 Å². The highest BCUT2D eigenvalue weighted by Gasteiger charge is 2.16. The Morgan fingerprint density at radius 2 is 2.04 bits per heavy atom. The molecule has 0 atom stereocenters. The molecule has 0 radical (unpaired) electrons. The van der Waals surface area contributed by atoms with E-state index in [-0.39, 0.29) is 28.6 Å². The number of hydrogen-bond acceptors (Lipinski definition) is 2. The molecule has 1 aromatic heterocycles. The fourth-order valence-corrected chi connectivity index (χ4v) is 2.87. The first-order chi connectivity index (χ1) is 11.9. The van der Waals surface area contributed by atoms with Crippen molar-refractivity contribution in [2.45, 2.75) is 13.2 Å². The molecule has 5 nitrogen and oxygen atoms in total. The molecule has 0 spiro atoms. The minimum atomic E-state index is -2.94. The molecule has 0 N–H and O–H groups in total. The van der Waals surface area contributed by atoms with Crippen molar-refractivity contribution >= 4 is 28.2 Å². The van der Waals surface area contributed by atoms with Crippen molar-refractivity contribution in [2.24, 2.45) is 7.05 Å². The van der Waals surface area contributed by atoms with E-state index in [2.05, 4.69) is 9.58 Å². The Labute approximate surface area is 146 Å². The number of ether oxygens (including phenoxy) is 1.